The quantitative estimate of drug-likeness (QED) is 0.669. The van der Waals surface area contributed by atoms with Crippen LogP contribution in [0.15, 0.2) is 36.7 Å². The predicted molar refractivity (Wildman–Crippen MR) is 106 cm³/mol. The largest absolute Gasteiger partial charge is 0.506 e. The van der Waals surface area contributed by atoms with Crippen molar-refractivity contribution in [2.45, 2.75) is 58.5 Å². The van der Waals surface area contributed by atoms with Crippen molar-refractivity contribution in [1.82, 2.24) is 14.9 Å². The third kappa shape index (κ3) is 4.80. The fourth-order valence-corrected chi connectivity index (χ4v) is 3.31. The van der Waals surface area contributed by atoms with E-state index in [0.29, 0.717) is 24.7 Å². The van der Waals surface area contributed by atoms with Gasteiger partial charge in [0.2, 0.25) is 0 Å². The molecule has 0 atom stereocenters. The zero-order valence-corrected chi connectivity index (χ0v) is 16.4. The number of hydrogen-bond donors (Lipinski definition) is 2. The summed E-state index contributed by atoms with van der Waals surface area (Å²) in [6, 6.07) is 7.59. The SMILES string of the molecule is CC(C)c1cccnc1CN(CCCCN)C(C)(C)c1ncccc1O. The van der Waals surface area contributed by atoms with Gasteiger partial charge < -0.3 is 10.8 Å². The van der Waals surface area contributed by atoms with E-state index in [1.54, 1.807) is 18.3 Å². The second-order valence-electron chi connectivity index (χ2n) is 7.54. The molecule has 0 unspecified atom stereocenters. The number of pyridine rings is 2. The average Bonchev–Trinajstić information content (AvgIpc) is 2.61. The topological polar surface area (TPSA) is 75.3 Å². The molecule has 2 rings (SSSR count). The number of aromatic nitrogens is 2. The van der Waals surface area contributed by atoms with Crippen molar-refractivity contribution in [3.63, 3.8) is 0 Å². The summed E-state index contributed by atoms with van der Waals surface area (Å²) >= 11 is 0. The maximum Gasteiger partial charge on any atom is 0.138 e. The van der Waals surface area contributed by atoms with Crippen molar-refractivity contribution in [2.24, 2.45) is 5.73 Å². The monoisotopic (exact) mass is 356 g/mol. The highest BCUT2D eigenvalue weighted by Gasteiger charge is 2.33. The molecule has 0 saturated carbocycles. The summed E-state index contributed by atoms with van der Waals surface area (Å²) in [5, 5.41) is 10.4. The smallest absolute Gasteiger partial charge is 0.138 e. The van der Waals surface area contributed by atoms with E-state index in [1.165, 1.54) is 5.56 Å². The number of hydrogen-bond acceptors (Lipinski definition) is 5. The van der Waals surface area contributed by atoms with Gasteiger partial charge in [-0.1, -0.05) is 19.9 Å². The van der Waals surface area contributed by atoms with Gasteiger partial charge in [0.15, 0.2) is 0 Å². The third-order valence-electron chi connectivity index (χ3n) is 4.93. The highest BCUT2D eigenvalue weighted by molar-refractivity contribution is 5.31. The minimum Gasteiger partial charge on any atom is -0.506 e. The van der Waals surface area contributed by atoms with Gasteiger partial charge in [-0.3, -0.25) is 14.9 Å². The second-order valence-corrected chi connectivity index (χ2v) is 7.54. The fourth-order valence-electron chi connectivity index (χ4n) is 3.31. The molecular formula is C21H32N4O. The van der Waals surface area contributed by atoms with Crippen LogP contribution in [0.1, 0.15) is 63.4 Å². The lowest BCUT2D eigenvalue weighted by atomic mass is 9.94. The first-order valence-corrected chi connectivity index (χ1v) is 9.41. The lowest BCUT2D eigenvalue weighted by Crippen LogP contribution is -2.42. The molecule has 0 aliphatic heterocycles. The Labute approximate surface area is 157 Å². The molecule has 0 amide bonds. The van der Waals surface area contributed by atoms with Crippen molar-refractivity contribution in [2.75, 3.05) is 13.1 Å². The van der Waals surface area contributed by atoms with Crippen LogP contribution in [0.3, 0.4) is 0 Å². The first-order valence-electron chi connectivity index (χ1n) is 9.41. The first-order chi connectivity index (χ1) is 12.4. The minimum atomic E-state index is -0.425. The Balaban J connectivity index is 2.36. The lowest BCUT2D eigenvalue weighted by molar-refractivity contribution is 0.0987. The van der Waals surface area contributed by atoms with Crippen molar-refractivity contribution in [3.8, 4) is 5.75 Å². The molecule has 3 N–H and O–H groups in total. The van der Waals surface area contributed by atoms with Gasteiger partial charge in [-0.2, -0.15) is 0 Å². The third-order valence-corrected chi connectivity index (χ3v) is 4.93. The van der Waals surface area contributed by atoms with E-state index in [-0.39, 0.29) is 5.75 Å². The van der Waals surface area contributed by atoms with Gasteiger partial charge in [-0.15, -0.1) is 0 Å². The molecule has 0 fully saturated rings. The summed E-state index contributed by atoms with van der Waals surface area (Å²) in [6.45, 7) is 10.9. The molecule has 2 aromatic heterocycles. The van der Waals surface area contributed by atoms with Gasteiger partial charge in [0.1, 0.15) is 11.4 Å². The van der Waals surface area contributed by atoms with Gasteiger partial charge in [0.25, 0.3) is 0 Å². The molecule has 0 radical (unpaired) electrons. The molecule has 0 bridgehead atoms. The Morgan fingerprint density at radius 2 is 1.81 bits per heavy atom. The molecule has 0 aliphatic rings. The van der Waals surface area contributed by atoms with Crippen molar-refractivity contribution < 1.29 is 5.11 Å². The molecule has 26 heavy (non-hydrogen) atoms. The molecule has 0 spiro atoms. The summed E-state index contributed by atoms with van der Waals surface area (Å²) < 4.78 is 0. The molecule has 0 aliphatic carbocycles. The zero-order chi connectivity index (χ0) is 19.2. The van der Waals surface area contributed by atoms with Crippen LogP contribution in [0.2, 0.25) is 0 Å². The number of unbranched alkanes of at least 4 members (excludes halogenated alkanes) is 1. The second kappa shape index (κ2) is 9.10. The highest BCUT2D eigenvalue weighted by Crippen LogP contribution is 2.34. The van der Waals surface area contributed by atoms with Crippen LogP contribution in [0.5, 0.6) is 5.75 Å². The average molecular weight is 357 g/mol. The van der Waals surface area contributed by atoms with Crippen molar-refractivity contribution >= 4 is 0 Å². The number of nitrogens with zero attached hydrogens (tertiary/aromatic N) is 3. The summed E-state index contributed by atoms with van der Waals surface area (Å²) in [5.41, 5.74) is 8.30. The summed E-state index contributed by atoms with van der Waals surface area (Å²) in [6.07, 6.45) is 5.55. The molecule has 2 heterocycles. The van der Waals surface area contributed by atoms with Crippen LogP contribution in [-0.2, 0) is 12.1 Å². The summed E-state index contributed by atoms with van der Waals surface area (Å²) in [4.78, 5) is 11.5. The maximum atomic E-state index is 10.4. The Hall–Kier alpha value is -1.98. The van der Waals surface area contributed by atoms with E-state index in [9.17, 15) is 5.11 Å². The van der Waals surface area contributed by atoms with Crippen LogP contribution in [0, 0.1) is 0 Å². The normalized spacial score (nSPS) is 12.1. The highest BCUT2D eigenvalue weighted by atomic mass is 16.3. The van der Waals surface area contributed by atoms with Crippen LogP contribution in [0.25, 0.3) is 0 Å². The maximum absolute atomic E-state index is 10.4. The molecule has 5 heteroatoms. The minimum absolute atomic E-state index is 0.228. The Bertz CT molecular complexity index is 700. The molecule has 0 aromatic carbocycles. The fraction of sp³-hybridized carbons (Fsp3) is 0.524. The van der Waals surface area contributed by atoms with E-state index >= 15 is 0 Å². The van der Waals surface area contributed by atoms with Gasteiger partial charge >= 0.3 is 0 Å². The molecule has 142 valence electrons. The standard InChI is InChI=1S/C21H32N4O/c1-16(2)17-9-7-12-23-18(17)15-25(14-6-5-11-22)21(3,4)20-19(26)10-8-13-24-20/h7-10,12-13,16,26H,5-6,11,14-15,22H2,1-4H3. The van der Waals surface area contributed by atoms with Gasteiger partial charge in [-0.05, 0) is 69.5 Å². The summed E-state index contributed by atoms with van der Waals surface area (Å²) in [5.74, 6) is 0.641. The van der Waals surface area contributed by atoms with E-state index < -0.39 is 5.54 Å². The molecular weight excluding hydrogens is 324 g/mol. The summed E-state index contributed by atoms with van der Waals surface area (Å²) in [7, 11) is 0. The predicted octanol–water partition coefficient (Wildman–Crippen LogP) is 3.78. The van der Waals surface area contributed by atoms with Crippen LogP contribution < -0.4 is 5.73 Å². The van der Waals surface area contributed by atoms with Crippen molar-refractivity contribution in [3.05, 3.63) is 53.6 Å². The molecule has 2 aromatic rings. The van der Waals surface area contributed by atoms with Gasteiger partial charge in [0, 0.05) is 18.9 Å². The Kier molecular flexibility index (Phi) is 7.12. The van der Waals surface area contributed by atoms with E-state index in [0.717, 1.165) is 25.1 Å². The number of rotatable bonds is 9. The van der Waals surface area contributed by atoms with Crippen molar-refractivity contribution in [1.29, 1.82) is 0 Å². The number of nitrogens with two attached hydrogens (primary N) is 1. The number of aromatic hydroxyl groups is 1. The van der Waals surface area contributed by atoms with E-state index in [1.807, 2.05) is 12.3 Å². The van der Waals surface area contributed by atoms with Crippen LogP contribution in [-0.4, -0.2) is 33.1 Å². The lowest BCUT2D eigenvalue weighted by Gasteiger charge is -2.38. The van der Waals surface area contributed by atoms with E-state index in [4.69, 9.17) is 5.73 Å². The Morgan fingerprint density at radius 3 is 2.46 bits per heavy atom. The molecule has 0 saturated heterocycles. The zero-order valence-electron chi connectivity index (χ0n) is 16.4. The van der Waals surface area contributed by atoms with Crippen LogP contribution >= 0.6 is 0 Å². The Morgan fingerprint density at radius 1 is 1.12 bits per heavy atom. The molecule has 5 nitrogen and oxygen atoms in total. The van der Waals surface area contributed by atoms with E-state index in [2.05, 4.69) is 48.6 Å². The van der Waals surface area contributed by atoms with Gasteiger partial charge in [0.05, 0.1) is 11.2 Å². The van der Waals surface area contributed by atoms with Crippen LogP contribution in [0.4, 0.5) is 0 Å². The van der Waals surface area contributed by atoms with Gasteiger partial charge in [-0.25, -0.2) is 0 Å². The first kappa shape index (κ1) is 20.3.